The van der Waals surface area contributed by atoms with Crippen molar-refractivity contribution >= 4 is 17.5 Å². The molecule has 0 aliphatic carbocycles. The molecule has 2 fully saturated rings. The highest BCUT2D eigenvalue weighted by molar-refractivity contribution is 5.98. The lowest BCUT2D eigenvalue weighted by molar-refractivity contribution is -0.123. The van der Waals surface area contributed by atoms with E-state index in [1.165, 1.54) is 24.5 Å². The summed E-state index contributed by atoms with van der Waals surface area (Å²) in [4.78, 5) is 32.0. The monoisotopic (exact) mass is 555 g/mol. The predicted molar refractivity (Wildman–Crippen MR) is 162 cm³/mol. The molecule has 0 saturated carbocycles. The summed E-state index contributed by atoms with van der Waals surface area (Å²) >= 11 is 0. The second kappa shape index (κ2) is 12.2. The van der Waals surface area contributed by atoms with Gasteiger partial charge in [0.25, 0.3) is 5.91 Å². The van der Waals surface area contributed by atoms with Crippen LogP contribution < -0.4 is 5.32 Å². The van der Waals surface area contributed by atoms with Gasteiger partial charge in [0.2, 0.25) is 5.91 Å². The van der Waals surface area contributed by atoms with Crippen LogP contribution in [-0.2, 0) is 16.8 Å². The number of aryl methyl sites for hydroxylation is 1. The maximum atomic E-state index is 15.0. The topological polar surface area (TPSA) is 52.7 Å². The molecule has 2 aliphatic heterocycles. The van der Waals surface area contributed by atoms with Gasteiger partial charge in [0.05, 0.1) is 17.5 Å². The molecule has 2 saturated heterocycles. The molecule has 1 N–H and O–H groups in total. The van der Waals surface area contributed by atoms with Crippen molar-refractivity contribution in [3.63, 3.8) is 0 Å². The van der Waals surface area contributed by atoms with Crippen LogP contribution in [-0.4, -0.2) is 41.2 Å². The number of carbonyl (C=O) groups excluding carboxylic acids is 2. The largest absolute Gasteiger partial charge is 0.331 e. The van der Waals surface area contributed by atoms with Gasteiger partial charge >= 0.3 is 0 Å². The lowest BCUT2D eigenvalue weighted by Crippen LogP contribution is -2.46. The first kappa shape index (κ1) is 29.0. The van der Waals surface area contributed by atoms with Crippen LogP contribution in [0.1, 0.15) is 85.1 Å². The lowest BCUT2D eigenvalue weighted by Gasteiger charge is -2.41. The summed E-state index contributed by atoms with van der Waals surface area (Å²) in [6.07, 6.45) is 3.79. The van der Waals surface area contributed by atoms with E-state index in [0.29, 0.717) is 24.9 Å². The molecule has 41 heavy (non-hydrogen) atoms. The summed E-state index contributed by atoms with van der Waals surface area (Å²) < 4.78 is 15.0. The van der Waals surface area contributed by atoms with Crippen molar-refractivity contribution < 1.29 is 14.0 Å². The van der Waals surface area contributed by atoms with Crippen LogP contribution in [0.2, 0.25) is 0 Å². The number of hydrogen-bond acceptors (Lipinski definition) is 3. The average Bonchev–Trinajstić information content (AvgIpc) is 3.46. The molecule has 2 atom stereocenters. The number of carbonyl (C=O) groups is 2. The van der Waals surface area contributed by atoms with Crippen LogP contribution in [0.3, 0.4) is 0 Å². The Kier molecular flexibility index (Phi) is 8.60. The van der Waals surface area contributed by atoms with Gasteiger partial charge in [-0.2, -0.15) is 0 Å². The Bertz CT molecular complexity index is 1370. The third-order valence-corrected chi connectivity index (χ3v) is 8.59. The maximum absolute atomic E-state index is 15.0. The van der Waals surface area contributed by atoms with Gasteiger partial charge in [0.15, 0.2) is 0 Å². The van der Waals surface area contributed by atoms with Crippen LogP contribution in [0.4, 0.5) is 10.1 Å². The van der Waals surface area contributed by atoms with Crippen LogP contribution in [0, 0.1) is 18.7 Å². The van der Waals surface area contributed by atoms with Crippen molar-refractivity contribution in [2.24, 2.45) is 5.92 Å². The standard InChI is InChI=1S/C35H42FN3O2/c1-24-10-7-14-30(36)31(24)34(41)39-21-9-13-29(33(40)37-28-12-8-11-27(22-28)35(2,3)4)32(39)26-17-15-25(16-18-26)23-38-19-5-6-20-38/h7-8,10-12,14-18,22,29,32H,5-6,9,13,19-21,23H2,1-4H3,(H,37,40)/t29?,32-/m0/s1. The van der Waals surface area contributed by atoms with Gasteiger partial charge in [-0.05, 0) is 91.6 Å². The minimum atomic E-state index is -0.528. The summed E-state index contributed by atoms with van der Waals surface area (Å²) in [6, 6.07) is 20.5. The highest BCUT2D eigenvalue weighted by Gasteiger charge is 2.40. The molecular weight excluding hydrogens is 513 g/mol. The van der Waals surface area contributed by atoms with E-state index in [2.05, 4.69) is 61.3 Å². The molecule has 0 bridgehead atoms. The molecule has 5 rings (SSSR count). The van der Waals surface area contributed by atoms with Crippen molar-refractivity contribution in [2.75, 3.05) is 25.0 Å². The summed E-state index contributed by atoms with van der Waals surface area (Å²) in [7, 11) is 0. The van der Waals surface area contributed by atoms with Gasteiger partial charge in [0.1, 0.15) is 5.82 Å². The van der Waals surface area contributed by atoms with Crippen LogP contribution in [0.15, 0.2) is 66.7 Å². The molecule has 5 nitrogen and oxygen atoms in total. The average molecular weight is 556 g/mol. The van der Waals surface area contributed by atoms with Crippen molar-refractivity contribution in [3.8, 4) is 0 Å². The van der Waals surface area contributed by atoms with Gasteiger partial charge < -0.3 is 10.2 Å². The maximum Gasteiger partial charge on any atom is 0.257 e. The summed E-state index contributed by atoms with van der Waals surface area (Å²) in [5.74, 6) is -1.48. The molecule has 2 heterocycles. The molecule has 3 aromatic carbocycles. The Labute approximate surface area is 243 Å². The Morgan fingerprint density at radius 1 is 0.927 bits per heavy atom. The van der Waals surface area contributed by atoms with E-state index in [4.69, 9.17) is 0 Å². The minimum Gasteiger partial charge on any atom is -0.331 e. The van der Waals surface area contributed by atoms with E-state index in [9.17, 15) is 14.0 Å². The fourth-order valence-electron chi connectivity index (χ4n) is 6.27. The number of benzene rings is 3. The van der Waals surface area contributed by atoms with Crippen LogP contribution >= 0.6 is 0 Å². The second-order valence-electron chi connectivity index (χ2n) is 12.7. The molecule has 2 amide bonds. The van der Waals surface area contributed by atoms with Crippen LogP contribution in [0.5, 0.6) is 0 Å². The molecule has 0 aromatic heterocycles. The van der Waals surface area contributed by atoms with Gasteiger partial charge in [-0.15, -0.1) is 0 Å². The lowest BCUT2D eigenvalue weighted by atomic mass is 9.82. The van der Waals surface area contributed by atoms with Gasteiger partial charge in [-0.1, -0.05) is 69.3 Å². The third-order valence-electron chi connectivity index (χ3n) is 8.59. The fourth-order valence-corrected chi connectivity index (χ4v) is 6.27. The SMILES string of the molecule is Cc1cccc(F)c1C(=O)N1CCCC(C(=O)Nc2cccc(C(C)(C)C)c2)[C@@H]1c1ccc(CN2CCCC2)cc1. The number of rotatable bonds is 6. The summed E-state index contributed by atoms with van der Waals surface area (Å²) in [5.41, 5.74) is 4.63. The Morgan fingerprint density at radius 3 is 2.32 bits per heavy atom. The zero-order chi connectivity index (χ0) is 29.1. The molecule has 216 valence electrons. The number of likely N-dealkylation sites (tertiary alicyclic amines) is 2. The molecule has 3 aromatic rings. The van der Waals surface area contributed by atoms with E-state index in [-0.39, 0.29) is 22.8 Å². The van der Waals surface area contributed by atoms with Crippen LogP contribution in [0.25, 0.3) is 0 Å². The normalized spacial score (nSPS) is 19.8. The fraction of sp³-hybridized carbons (Fsp3) is 0.429. The van der Waals surface area contributed by atoms with E-state index in [1.54, 1.807) is 24.0 Å². The Balaban J connectivity index is 1.47. The quantitative estimate of drug-likeness (QED) is 0.348. The number of amides is 2. The zero-order valence-corrected chi connectivity index (χ0v) is 24.8. The third kappa shape index (κ3) is 6.54. The highest BCUT2D eigenvalue weighted by Crippen LogP contribution is 2.39. The Morgan fingerprint density at radius 2 is 1.63 bits per heavy atom. The van der Waals surface area contributed by atoms with Crippen molar-refractivity contribution in [3.05, 3.63) is 100 Å². The molecule has 0 radical (unpaired) electrons. The van der Waals surface area contributed by atoms with E-state index >= 15 is 0 Å². The van der Waals surface area contributed by atoms with E-state index < -0.39 is 17.8 Å². The zero-order valence-electron chi connectivity index (χ0n) is 24.8. The van der Waals surface area contributed by atoms with E-state index in [1.807, 2.05) is 18.2 Å². The van der Waals surface area contributed by atoms with Gasteiger partial charge in [0, 0.05) is 18.8 Å². The molecule has 0 spiro atoms. The predicted octanol–water partition coefficient (Wildman–Crippen LogP) is 7.26. The van der Waals surface area contributed by atoms with Crippen molar-refractivity contribution in [1.29, 1.82) is 0 Å². The first-order chi connectivity index (χ1) is 19.6. The number of halogens is 1. The first-order valence-electron chi connectivity index (χ1n) is 14.9. The number of hydrogen-bond donors (Lipinski definition) is 1. The number of nitrogens with one attached hydrogen (secondary N) is 1. The summed E-state index contributed by atoms with van der Waals surface area (Å²) in [6.45, 7) is 11.8. The smallest absolute Gasteiger partial charge is 0.257 e. The molecule has 2 aliphatic rings. The summed E-state index contributed by atoms with van der Waals surface area (Å²) in [5, 5.41) is 3.15. The molecular formula is C35H42FN3O2. The highest BCUT2D eigenvalue weighted by atomic mass is 19.1. The van der Waals surface area contributed by atoms with Gasteiger partial charge in [-0.3, -0.25) is 14.5 Å². The minimum absolute atomic E-state index is 0.0498. The number of piperidine rings is 1. The number of nitrogens with zero attached hydrogens (tertiary/aromatic N) is 2. The van der Waals surface area contributed by atoms with Crippen molar-refractivity contribution in [1.82, 2.24) is 9.80 Å². The van der Waals surface area contributed by atoms with E-state index in [0.717, 1.165) is 36.4 Å². The molecule has 6 heteroatoms. The number of anilines is 1. The Hall–Kier alpha value is -3.51. The van der Waals surface area contributed by atoms with Crippen molar-refractivity contribution in [2.45, 2.75) is 71.4 Å². The molecule has 1 unspecified atom stereocenters. The first-order valence-corrected chi connectivity index (χ1v) is 14.9. The van der Waals surface area contributed by atoms with Gasteiger partial charge in [-0.25, -0.2) is 4.39 Å². The second-order valence-corrected chi connectivity index (χ2v) is 12.7.